The minimum absolute atomic E-state index is 0.0190. The summed E-state index contributed by atoms with van der Waals surface area (Å²) in [5.74, 6) is -0.998. The van der Waals surface area contributed by atoms with Gasteiger partial charge in [-0.15, -0.1) is 0 Å². The molecule has 1 aliphatic heterocycles. The number of aliphatic hydroxyl groups excluding tert-OH is 4. The Kier molecular flexibility index (Phi) is 17.2. The molecule has 0 radical (unpaired) electrons. The van der Waals surface area contributed by atoms with Crippen LogP contribution in [-0.2, 0) is 22.4 Å². The summed E-state index contributed by atoms with van der Waals surface area (Å²) in [5.41, 5.74) is 5.10. The lowest BCUT2D eigenvalue weighted by Crippen LogP contribution is -2.65. The molecule has 4 aliphatic rings. The molecule has 2 fully saturated rings. The molecule has 1 spiro atoms. The lowest BCUT2D eigenvalue weighted by atomic mass is 9.45. The van der Waals surface area contributed by atoms with Crippen molar-refractivity contribution < 1.29 is 35.1 Å². The van der Waals surface area contributed by atoms with Crippen LogP contribution < -0.4 is 10.6 Å². The SMILES string of the molecule is C=C(/C=C/C=C(/CO)[C@@H]1CC[C@]2([C@@H]1O)[C@@H]1C(=C(C)C=O)[C@@H](C=C[C@H]1CCO)C[C@]2(O)CCNC)[C@H]1C/C=C(\C)[C@@H](O)N[C@@](C)(CCOC)Cc2cccc(c2)[C@@H]1CCc1ccccc1. The van der Waals surface area contributed by atoms with Crippen molar-refractivity contribution in [2.24, 2.45) is 35.0 Å². The number of allylic oxidation sites excluding steroid dienone is 9. The smallest absolute Gasteiger partial charge is 0.145 e. The van der Waals surface area contributed by atoms with Crippen molar-refractivity contribution in [1.82, 2.24) is 10.6 Å². The third-order valence-corrected chi connectivity index (χ3v) is 15.7. The minimum Gasteiger partial charge on any atom is -0.396 e. The van der Waals surface area contributed by atoms with Gasteiger partial charge in [-0.1, -0.05) is 109 Å². The van der Waals surface area contributed by atoms with E-state index in [4.69, 9.17) is 4.74 Å². The van der Waals surface area contributed by atoms with E-state index in [2.05, 4.69) is 90.9 Å². The number of methoxy groups -OCH3 is 1. The molecule has 9 heteroatoms. The van der Waals surface area contributed by atoms with Gasteiger partial charge in [0.05, 0.1) is 18.3 Å². The number of aryl methyl sites for hydroxylation is 1. The van der Waals surface area contributed by atoms with E-state index in [9.17, 15) is 30.3 Å². The molecular weight excluding hydrogens is 801 g/mol. The molecule has 11 atom stereocenters. The van der Waals surface area contributed by atoms with E-state index in [0.717, 1.165) is 48.7 Å². The molecule has 7 N–H and O–H groups in total. The van der Waals surface area contributed by atoms with Crippen molar-refractivity contribution in [2.45, 2.75) is 114 Å². The number of hydrogen-bond donors (Lipinski definition) is 7. The van der Waals surface area contributed by atoms with Crippen LogP contribution in [0.25, 0.3) is 0 Å². The van der Waals surface area contributed by atoms with Gasteiger partial charge in [0, 0.05) is 43.1 Å². The van der Waals surface area contributed by atoms with Gasteiger partial charge in [-0.2, -0.15) is 0 Å². The lowest BCUT2D eigenvalue weighted by molar-refractivity contribution is -0.194. The van der Waals surface area contributed by atoms with Crippen LogP contribution >= 0.6 is 0 Å². The minimum atomic E-state index is -1.26. The van der Waals surface area contributed by atoms with Crippen molar-refractivity contribution in [3.63, 3.8) is 0 Å². The third kappa shape index (κ3) is 10.6. The van der Waals surface area contributed by atoms with E-state index in [1.165, 1.54) is 16.7 Å². The van der Waals surface area contributed by atoms with Gasteiger partial charge in [0.15, 0.2) is 0 Å². The van der Waals surface area contributed by atoms with Crippen LogP contribution in [0.5, 0.6) is 0 Å². The predicted molar refractivity (Wildman–Crippen MR) is 256 cm³/mol. The highest BCUT2D eigenvalue weighted by Crippen LogP contribution is 2.67. The number of carbonyl (C=O) groups is 1. The fraction of sp³-hybridized carbons (Fsp3) is 0.545. The number of aldehydes is 1. The van der Waals surface area contributed by atoms with Gasteiger partial charge in [0.25, 0.3) is 0 Å². The fourth-order valence-corrected chi connectivity index (χ4v) is 12.3. The molecular formula is C55H76N2O7. The Hall–Kier alpha value is -3.77. The quantitative estimate of drug-likeness (QED) is 0.0372. The Bertz CT molecular complexity index is 2060. The molecule has 2 aromatic carbocycles. The highest BCUT2D eigenvalue weighted by atomic mass is 16.5. The van der Waals surface area contributed by atoms with Crippen molar-refractivity contribution >= 4 is 6.29 Å². The molecule has 0 amide bonds. The molecule has 4 bridgehead atoms. The summed E-state index contributed by atoms with van der Waals surface area (Å²) in [4.78, 5) is 12.4. The standard InChI is InChI=1S/C55H76N2O7/c1-37(46-22-18-38(2)52(62)57-53(4,28-31-64-6)33-41-15-11-16-43(32-41)47(46)23-19-40-13-8-7-9-14-40)12-10-17-45(36-60)48-24-26-55(51(48)61)50-42(25-30-58)20-21-44(49(50)39(3)35-59)34-54(55,63)27-29-56-5/h7-18,20-21,32,35,42,44,46-48,50-52,56-58,60-63H,1,19,22-31,33-34,36H2,2-6H3/b12-10+,38-18+,45-17-,49-39?/t42-,44-,46+,47-,48-,50-,51+,52+,53-,54+,55+/m0/s1. The molecule has 0 aromatic heterocycles. The summed E-state index contributed by atoms with van der Waals surface area (Å²) >= 11 is 0. The van der Waals surface area contributed by atoms with E-state index in [1.807, 2.05) is 45.2 Å². The van der Waals surface area contributed by atoms with Crippen molar-refractivity contribution in [3.8, 4) is 0 Å². The molecule has 348 valence electrons. The zero-order valence-electron chi connectivity index (χ0n) is 39.0. The second-order valence-electron chi connectivity index (χ2n) is 19.6. The highest BCUT2D eigenvalue weighted by molar-refractivity contribution is 5.74. The van der Waals surface area contributed by atoms with Crippen LogP contribution in [0, 0.1) is 35.0 Å². The van der Waals surface area contributed by atoms with Gasteiger partial charge < -0.3 is 35.6 Å². The zero-order valence-corrected chi connectivity index (χ0v) is 39.0. The predicted octanol–water partition coefficient (Wildman–Crippen LogP) is 7.46. The van der Waals surface area contributed by atoms with Crippen molar-refractivity contribution in [2.75, 3.05) is 40.5 Å². The molecule has 1 heterocycles. The Balaban J connectivity index is 1.35. The van der Waals surface area contributed by atoms with Crippen LogP contribution in [0.4, 0.5) is 0 Å². The van der Waals surface area contributed by atoms with Gasteiger partial charge in [-0.25, -0.2) is 0 Å². The van der Waals surface area contributed by atoms with E-state index in [0.29, 0.717) is 62.8 Å². The number of hydrogen-bond acceptors (Lipinski definition) is 9. The molecule has 2 saturated carbocycles. The maximum Gasteiger partial charge on any atom is 0.145 e. The van der Waals surface area contributed by atoms with Crippen LogP contribution in [-0.4, -0.2) is 95.8 Å². The summed E-state index contributed by atoms with van der Waals surface area (Å²) in [7, 11) is 3.57. The summed E-state index contributed by atoms with van der Waals surface area (Å²) in [6.07, 6.45) is 17.5. The topological polar surface area (TPSA) is 152 Å². The van der Waals surface area contributed by atoms with Gasteiger partial charge in [-0.05, 0) is 156 Å². The van der Waals surface area contributed by atoms with Gasteiger partial charge >= 0.3 is 0 Å². The van der Waals surface area contributed by atoms with Gasteiger partial charge in [0.1, 0.15) is 12.5 Å². The number of rotatable bonds is 17. The number of fused-ring (bicyclic) bond motifs is 5. The third-order valence-electron chi connectivity index (χ3n) is 15.7. The summed E-state index contributed by atoms with van der Waals surface area (Å²) in [6.45, 7) is 11.5. The molecule has 2 aromatic rings. The summed E-state index contributed by atoms with van der Waals surface area (Å²) in [6, 6.07) is 19.4. The number of carbonyl (C=O) groups excluding carboxylic acids is 1. The second kappa shape index (κ2) is 22.1. The Morgan fingerprint density at radius 2 is 1.83 bits per heavy atom. The normalized spacial score (nSPS) is 34.8. The van der Waals surface area contributed by atoms with Crippen molar-refractivity contribution in [1.29, 1.82) is 0 Å². The number of aliphatic hydroxyl groups is 5. The average Bonchev–Trinajstić information content (AvgIpc) is 3.63. The Morgan fingerprint density at radius 3 is 2.53 bits per heavy atom. The maximum absolute atomic E-state index is 12.9. The van der Waals surface area contributed by atoms with Crippen molar-refractivity contribution in [3.05, 3.63) is 142 Å². The Labute approximate surface area is 382 Å². The number of ether oxygens (including phenoxy) is 1. The first-order valence-electron chi connectivity index (χ1n) is 23.7. The van der Waals surface area contributed by atoms with E-state index in [-0.39, 0.29) is 42.8 Å². The monoisotopic (exact) mass is 877 g/mol. The summed E-state index contributed by atoms with van der Waals surface area (Å²) < 4.78 is 5.49. The van der Waals surface area contributed by atoms with E-state index < -0.39 is 34.8 Å². The number of benzene rings is 2. The average molecular weight is 877 g/mol. The first-order chi connectivity index (χ1) is 30.8. The van der Waals surface area contributed by atoms with Gasteiger partial charge in [-0.3, -0.25) is 10.1 Å². The second-order valence-corrected chi connectivity index (χ2v) is 19.6. The number of nitrogens with one attached hydrogen (secondary N) is 2. The van der Waals surface area contributed by atoms with E-state index >= 15 is 0 Å². The first-order valence-corrected chi connectivity index (χ1v) is 23.7. The van der Waals surface area contributed by atoms with E-state index in [1.54, 1.807) is 7.11 Å². The lowest BCUT2D eigenvalue weighted by Gasteiger charge is -2.61. The zero-order chi connectivity index (χ0) is 46.1. The van der Waals surface area contributed by atoms with Crippen LogP contribution in [0.1, 0.15) is 94.7 Å². The fourth-order valence-electron chi connectivity index (χ4n) is 12.3. The first kappa shape index (κ1) is 49.7. The maximum atomic E-state index is 12.9. The largest absolute Gasteiger partial charge is 0.396 e. The van der Waals surface area contributed by atoms with Gasteiger partial charge in [0.2, 0.25) is 0 Å². The summed E-state index contributed by atoms with van der Waals surface area (Å²) in [5, 5.41) is 65.2. The van der Waals surface area contributed by atoms with Crippen LogP contribution in [0.3, 0.4) is 0 Å². The molecule has 3 aliphatic carbocycles. The highest BCUT2D eigenvalue weighted by Gasteiger charge is 2.68. The molecule has 64 heavy (non-hydrogen) atoms. The molecule has 0 unspecified atom stereocenters. The molecule has 0 saturated heterocycles. The van der Waals surface area contributed by atoms with Crippen LogP contribution in [0.15, 0.2) is 125 Å². The Morgan fingerprint density at radius 1 is 1.05 bits per heavy atom. The molecule has 6 rings (SSSR count). The van der Waals surface area contributed by atoms with Crippen LogP contribution in [0.2, 0.25) is 0 Å². The molecule has 9 nitrogen and oxygen atoms in total.